The minimum atomic E-state index is -0.346. The van der Waals surface area contributed by atoms with E-state index >= 15 is 0 Å². The molecule has 0 amide bonds. The van der Waals surface area contributed by atoms with E-state index in [1.807, 2.05) is 43.7 Å². The van der Waals surface area contributed by atoms with Crippen molar-refractivity contribution in [3.05, 3.63) is 70.6 Å². The van der Waals surface area contributed by atoms with E-state index in [-0.39, 0.29) is 10.6 Å². The zero-order chi connectivity index (χ0) is 13.7. The molecule has 0 heterocycles. The summed E-state index contributed by atoms with van der Waals surface area (Å²) in [6, 6.07) is 14.8. The van der Waals surface area contributed by atoms with E-state index in [0.29, 0.717) is 4.90 Å². The maximum atomic E-state index is 10.9. The van der Waals surface area contributed by atoms with Gasteiger partial charge in [0.15, 0.2) is 0 Å². The summed E-state index contributed by atoms with van der Waals surface area (Å²) in [6.45, 7) is 1.98. The molecular formula is C14H12NO2S2. The molecule has 0 aromatic heterocycles. The number of hydrogen-bond acceptors (Lipinski definition) is 4. The Morgan fingerprint density at radius 3 is 2.26 bits per heavy atom. The normalized spacial score (nSPS) is 10.4. The van der Waals surface area contributed by atoms with Crippen LogP contribution in [0.15, 0.2) is 58.3 Å². The van der Waals surface area contributed by atoms with Crippen LogP contribution >= 0.6 is 21.6 Å². The monoisotopic (exact) mass is 290 g/mol. The maximum Gasteiger partial charge on any atom is 0.283 e. The smallest absolute Gasteiger partial charge is 0.258 e. The average molecular weight is 290 g/mol. The minimum Gasteiger partial charge on any atom is -0.258 e. The molecule has 2 aromatic carbocycles. The van der Waals surface area contributed by atoms with E-state index in [1.54, 1.807) is 12.1 Å². The first-order chi connectivity index (χ1) is 9.22. The molecule has 0 unspecified atom stereocenters. The van der Waals surface area contributed by atoms with Gasteiger partial charge < -0.3 is 0 Å². The fourth-order valence-electron chi connectivity index (χ4n) is 1.56. The highest BCUT2D eigenvalue weighted by molar-refractivity contribution is 8.76. The molecule has 0 N–H and O–H groups in total. The van der Waals surface area contributed by atoms with Crippen LogP contribution in [0.5, 0.6) is 0 Å². The number of rotatable bonds is 5. The molecule has 3 nitrogen and oxygen atoms in total. The number of nitrogens with zero attached hydrogens (tertiary/aromatic N) is 1. The van der Waals surface area contributed by atoms with Gasteiger partial charge in [-0.2, -0.15) is 0 Å². The highest BCUT2D eigenvalue weighted by atomic mass is 33.1. The van der Waals surface area contributed by atoms with Crippen molar-refractivity contribution in [3.63, 3.8) is 0 Å². The number of nitro groups is 1. The molecule has 19 heavy (non-hydrogen) atoms. The van der Waals surface area contributed by atoms with Crippen LogP contribution in [-0.2, 0) is 0 Å². The van der Waals surface area contributed by atoms with Crippen molar-refractivity contribution >= 4 is 27.3 Å². The van der Waals surface area contributed by atoms with Gasteiger partial charge >= 0.3 is 0 Å². The number of hydrogen-bond donors (Lipinski definition) is 0. The van der Waals surface area contributed by atoms with Crippen LogP contribution < -0.4 is 0 Å². The molecule has 0 aliphatic rings. The molecule has 0 atom stereocenters. The third-order valence-electron chi connectivity index (χ3n) is 2.51. The third kappa shape index (κ3) is 3.52. The van der Waals surface area contributed by atoms with Gasteiger partial charge in [0, 0.05) is 11.0 Å². The summed E-state index contributed by atoms with van der Waals surface area (Å²) in [4.78, 5) is 12.4. The zero-order valence-corrected chi connectivity index (χ0v) is 11.9. The first kappa shape index (κ1) is 14.0. The fraction of sp³-hybridized carbons (Fsp3) is 0.0714. The molecule has 5 heteroatoms. The summed E-state index contributed by atoms with van der Waals surface area (Å²) in [6.07, 6.45) is 2.03. The molecule has 0 aliphatic heterocycles. The van der Waals surface area contributed by atoms with E-state index in [4.69, 9.17) is 0 Å². The second-order valence-electron chi connectivity index (χ2n) is 3.72. The van der Waals surface area contributed by atoms with E-state index in [0.717, 1.165) is 10.5 Å². The predicted molar refractivity (Wildman–Crippen MR) is 80.3 cm³/mol. The molecule has 0 saturated heterocycles. The molecule has 0 saturated carbocycles. The summed E-state index contributed by atoms with van der Waals surface area (Å²) in [5.41, 5.74) is 1.29. The lowest BCUT2D eigenvalue weighted by atomic mass is 10.2. The maximum absolute atomic E-state index is 10.9. The Bertz CT molecular complexity index is 587. The van der Waals surface area contributed by atoms with Crippen LogP contribution in [0.25, 0.3) is 0 Å². The summed E-state index contributed by atoms with van der Waals surface area (Å²) < 4.78 is 0. The Kier molecular flexibility index (Phi) is 4.87. The molecule has 97 valence electrons. The van der Waals surface area contributed by atoms with Crippen LogP contribution in [0, 0.1) is 16.5 Å². The van der Waals surface area contributed by atoms with Gasteiger partial charge in [-0.25, -0.2) is 0 Å². The molecule has 2 aromatic rings. The van der Waals surface area contributed by atoms with Gasteiger partial charge in [-0.05, 0) is 34.9 Å². The summed E-state index contributed by atoms with van der Waals surface area (Å²) in [7, 11) is 2.95. The van der Waals surface area contributed by atoms with E-state index in [2.05, 4.69) is 0 Å². The second kappa shape index (κ2) is 6.63. The van der Waals surface area contributed by atoms with Crippen molar-refractivity contribution < 1.29 is 4.92 Å². The van der Waals surface area contributed by atoms with Crippen LogP contribution in [0.1, 0.15) is 12.5 Å². The fourth-order valence-corrected chi connectivity index (χ4v) is 3.94. The molecule has 0 fully saturated rings. The lowest BCUT2D eigenvalue weighted by Gasteiger charge is -2.06. The van der Waals surface area contributed by atoms with E-state index < -0.39 is 0 Å². The molecule has 0 spiro atoms. The van der Waals surface area contributed by atoms with Gasteiger partial charge in [-0.3, -0.25) is 10.1 Å². The molecule has 0 aliphatic carbocycles. The Morgan fingerprint density at radius 1 is 1.00 bits per heavy atom. The van der Waals surface area contributed by atoms with Gasteiger partial charge in [0.2, 0.25) is 0 Å². The topological polar surface area (TPSA) is 43.1 Å². The van der Waals surface area contributed by atoms with Gasteiger partial charge in [0.05, 0.1) is 9.82 Å². The summed E-state index contributed by atoms with van der Waals surface area (Å²) >= 11 is 0. The van der Waals surface area contributed by atoms with Crippen molar-refractivity contribution in [2.75, 3.05) is 0 Å². The van der Waals surface area contributed by atoms with Crippen LogP contribution in [0.4, 0.5) is 5.69 Å². The molecular weight excluding hydrogens is 278 g/mol. The van der Waals surface area contributed by atoms with Crippen molar-refractivity contribution in [2.24, 2.45) is 0 Å². The first-order valence-electron chi connectivity index (χ1n) is 5.68. The average Bonchev–Trinajstić information content (AvgIpc) is 2.45. The lowest BCUT2D eigenvalue weighted by Crippen LogP contribution is -1.89. The number of para-hydroxylation sites is 1. The minimum absolute atomic E-state index is 0.151. The number of nitro benzene ring substituents is 1. The van der Waals surface area contributed by atoms with Gasteiger partial charge in [0.25, 0.3) is 5.69 Å². The predicted octanol–water partition coefficient (Wildman–Crippen LogP) is 4.97. The number of benzene rings is 2. The Morgan fingerprint density at radius 2 is 1.58 bits per heavy atom. The molecule has 0 bridgehead atoms. The Balaban J connectivity index is 2.17. The standard InChI is InChI=1S/C14H12NO2S2/c1-2-11-7-3-5-9-13(11)18-19-14-10-6-4-8-12(14)15(16)17/h2-10H,1H3. The lowest BCUT2D eigenvalue weighted by molar-refractivity contribution is -0.387. The zero-order valence-electron chi connectivity index (χ0n) is 10.3. The van der Waals surface area contributed by atoms with Crippen molar-refractivity contribution in [3.8, 4) is 0 Å². The Hall–Kier alpha value is -1.46. The van der Waals surface area contributed by atoms with Crippen molar-refractivity contribution in [1.82, 2.24) is 0 Å². The van der Waals surface area contributed by atoms with Crippen LogP contribution in [0.2, 0.25) is 0 Å². The quantitative estimate of drug-likeness (QED) is 0.443. The SMILES string of the molecule is C[CH]c1ccccc1SSc1ccccc1[N+](=O)[O-]. The highest BCUT2D eigenvalue weighted by Gasteiger charge is 2.13. The van der Waals surface area contributed by atoms with Gasteiger partial charge in [0.1, 0.15) is 0 Å². The summed E-state index contributed by atoms with van der Waals surface area (Å²) in [5.74, 6) is 0. The first-order valence-corrected chi connectivity index (χ1v) is 7.83. The third-order valence-corrected chi connectivity index (χ3v) is 5.00. The second-order valence-corrected chi connectivity index (χ2v) is 5.93. The largest absolute Gasteiger partial charge is 0.283 e. The highest BCUT2D eigenvalue weighted by Crippen LogP contribution is 2.42. The van der Waals surface area contributed by atoms with Gasteiger partial charge in [-0.15, -0.1) is 0 Å². The van der Waals surface area contributed by atoms with E-state index in [9.17, 15) is 10.1 Å². The molecule has 1 radical (unpaired) electrons. The van der Waals surface area contributed by atoms with Crippen molar-refractivity contribution in [1.29, 1.82) is 0 Å². The van der Waals surface area contributed by atoms with Crippen LogP contribution in [-0.4, -0.2) is 4.92 Å². The van der Waals surface area contributed by atoms with E-state index in [1.165, 1.54) is 27.7 Å². The molecule has 2 rings (SSSR count). The Labute approximate surface area is 120 Å². The van der Waals surface area contributed by atoms with Crippen molar-refractivity contribution in [2.45, 2.75) is 16.7 Å². The van der Waals surface area contributed by atoms with Crippen LogP contribution in [0.3, 0.4) is 0 Å². The summed E-state index contributed by atoms with van der Waals surface area (Å²) in [5, 5.41) is 10.9. The van der Waals surface area contributed by atoms with Gasteiger partial charge in [-0.1, -0.05) is 48.0 Å².